The number of hydrogen-bond acceptors (Lipinski definition) is 2. The van der Waals surface area contributed by atoms with Gasteiger partial charge >= 0.3 is 0 Å². The van der Waals surface area contributed by atoms with Gasteiger partial charge in [-0.25, -0.2) is 0 Å². The van der Waals surface area contributed by atoms with E-state index in [2.05, 4.69) is 33.0 Å². The van der Waals surface area contributed by atoms with E-state index in [1.54, 1.807) is 4.90 Å². The second-order valence-electron chi connectivity index (χ2n) is 7.94. The summed E-state index contributed by atoms with van der Waals surface area (Å²) in [6, 6.07) is 0.512. The van der Waals surface area contributed by atoms with E-state index < -0.39 is 0 Å². The van der Waals surface area contributed by atoms with Gasteiger partial charge in [0.15, 0.2) is 0 Å². The molecule has 3 atom stereocenters. The molecule has 0 aromatic rings. The Kier molecular flexibility index (Phi) is 7.72. The second-order valence-corrected chi connectivity index (χ2v) is 7.94. The van der Waals surface area contributed by atoms with Gasteiger partial charge in [0.05, 0.1) is 6.04 Å². The highest BCUT2D eigenvalue weighted by Crippen LogP contribution is 2.30. The molecule has 0 saturated heterocycles. The molecule has 21 heavy (non-hydrogen) atoms. The molecule has 1 aliphatic rings. The van der Waals surface area contributed by atoms with E-state index in [9.17, 15) is 4.79 Å². The SMILES string of the molecule is CC(C)CC1CCCC(NC(CC(C)C)C(=O)N(C)C)C1. The first-order chi connectivity index (χ1) is 9.79. The summed E-state index contributed by atoms with van der Waals surface area (Å²) in [5.74, 6) is 2.39. The molecule has 0 spiro atoms. The van der Waals surface area contributed by atoms with Crippen LogP contribution in [0.5, 0.6) is 0 Å². The third kappa shape index (κ3) is 6.82. The van der Waals surface area contributed by atoms with Crippen LogP contribution in [0.15, 0.2) is 0 Å². The Hall–Kier alpha value is -0.570. The summed E-state index contributed by atoms with van der Waals surface area (Å²) < 4.78 is 0. The summed E-state index contributed by atoms with van der Waals surface area (Å²) in [4.78, 5) is 14.1. The van der Waals surface area contributed by atoms with Gasteiger partial charge in [0.2, 0.25) is 5.91 Å². The molecule has 1 aliphatic carbocycles. The summed E-state index contributed by atoms with van der Waals surface area (Å²) in [6.45, 7) is 9.02. The van der Waals surface area contributed by atoms with Gasteiger partial charge in [-0.15, -0.1) is 0 Å². The van der Waals surface area contributed by atoms with Crippen LogP contribution in [0.3, 0.4) is 0 Å². The molecule has 0 aromatic heterocycles. The molecule has 124 valence electrons. The fourth-order valence-corrected chi connectivity index (χ4v) is 3.63. The molecule has 0 heterocycles. The molecule has 0 radical (unpaired) electrons. The third-order valence-corrected chi connectivity index (χ3v) is 4.47. The molecular formula is C18H36N2O. The molecule has 1 saturated carbocycles. The van der Waals surface area contributed by atoms with E-state index in [1.165, 1.54) is 32.1 Å². The Morgan fingerprint density at radius 2 is 1.81 bits per heavy atom. The molecular weight excluding hydrogens is 260 g/mol. The van der Waals surface area contributed by atoms with Gasteiger partial charge in [0.25, 0.3) is 0 Å². The lowest BCUT2D eigenvalue weighted by Gasteiger charge is -2.34. The summed E-state index contributed by atoms with van der Waals surface area (Å²) in [7, 11) is 3.72. The number of hydrogen-bond donors (Lipinski definition) is 1. The van der Waals surface area contributed by atoms with Gasteiger partial charge < -0.3 is 10.2 Å². The molecule has 0 aromatic carbocycles. The van der Waals surface area contributed by atoms with Crippen molar-refractivity contribution < 1.29 is 4.79 Å². The Morgan fingerprint density at radius 3 is 2.33 bits per heavy atom. The maximum atomic E-state index is 12.4. The molecule has 1 fully saturated rings. The minimum Gasteiger partial charge on any atom is -0.347 e. The van der Waals surface area contributed by atoms with E-state index >= 15 is 0 Å². The topological polar surface area (TPSA) is 32.3 Å². The number of nitrogens with zero attached hydrogens (tertiary/aromatic N) is 1. The van der Waals surface area contributed by atoms with Gasteiger partial charge in [-0.05, 0) is 43.4 Å². The number of likely N-dealkylation sites (N-methyl/N-ethyl adjacent to an activating group) is 1. The van der Waals surface area contributed by atoms with Crippen LogP contribution in [0.1, 0.15) is 66.2 Å². The predicted octanol–water partition coefficient (Wildman–Crippen LogP) is 3.68. The van der Waals surface area contributed by atoms with Crippen LogP contribution in [-0.4, -0.2) is 37.0 Å². The quantitative estimate of drug-likeness (QED) is 0.777. The van der Waals surface area contributed by atoms with E-state index in [4.69, 9.17) is 0 Å². The lowest BCUT2D eigenvalue weighted by Crippen LogP contribution is -2.49. The first-order valence-electron chi connectivity index (χ1n) is 8.76. The molecule has 1 rings (SSSR count). The van der Waals surface area contributed by atoms with Crippen molar-refractivity contribution in [2.75, 3.05) is 14.1 Å². The van der Waals surface area contributed by atoms with Crippen LogP contribution in [0.2, 0.25) is 0 Å². The van der Waals surface area contributed by atoms with E-state index in [-0.39, 0.29) is 11.9 Å². The van der Waals surface area contributed by atoms with Crippen LogP contribution in [0.25, 0.3) is 0 Å². The van der Waals surface area contributed by atoms with Crippen LogP contribution in [0, 0.1) is 17.8 Å². The van der Waals surface area contributed by atoms with Gasteiger partial charge in [-0.2, -0.15) is 0 Å². The second kappa shape index (κ2) is 8.77. The predicted molar refractivity (Wildman–Crippen MR) is 90.3 cm³/mol. The van der Waals surface area contributed by atoms with Crippen molar-refractivity contribution in [3.63, 3.8) is 0 Å². The Bertz CT molecular complexity index is 312. The fourth-order valence-electron chi connectivity index (χ4n) is 3.63. The number of nitrogens with one attached hydrogen (secondary N) is 1. The molecule has 3 nitrogen and oxygen atoms in total. The molecule has 0 bridgehead atoms. The lowest BCUT2D eigenvalue weighted by atomic mass is 9.80. The molecule has 3 unspecified atom stereocenters. The standard InChI is InChI=1S/C18H36N2O/c1-13(2)10-15-8-7-9-16(12-15)19-17(11-14(3)4)18(21)20(5)6/h13-17,19H,7-12H2,1-6H3. The molecule has 1 N–H and O–H groups in total. The largest absolute Gasteiger partial charge is 0.347 e. The van der Waals surface area contributed by atoms with E-state index in [0.717, 1.165) is 18.3 Å². The maximum Gasteiger partial charge on any atom is 0.239 e. The molecule has 3 heteroatoms. The first-order valence-corrected chi connectivity index (χ1v) is 8.76. The fraction of sp³-hybridized carbons (Fsp3) is 0.944. The molecule has 1 amide bonds. The monoisotopic (exact) mass is 296 g/mol. The average Bonchev–Trinajstić information content (AvgIpc) is 2.36. The highest BCUT2D eigenvalue weighted by atomic mass is 16.2. The summed E-state index contributed by atoms with van der Waals surface area (Å²) >= 11 is 0. The molecule has 0 aliphatic heterocycles. The zero-order valence-corrected chi connectivity index (χ0v) is 15.0. The van der Waals surface area contributed by atoms with Crippen LogP contribution < -0.4 is 5.32 Å². The van der Waals surface area contributed by atoms with Crippen molar-refractivity contribution in [1.29, 1.82) is 0 Å². The number of carbonyl (C=O) groups is 1. The van der Waals surface area contributed by atoms with Crippen molar-refractivity contribution in [2.45, 2.75) is 78.3 Å². The normalized spacial score (nSPS) is 24.4. The Morgan fingerprint density at radius 1 is 1.14 bits per heavy atom. The van der Waals surface area contributed by atoms with Gasteiger partial charge in [0, 0.05) is 20.1 Å². The minimum atomic E-state index is -0.0113. The Balaban J connectivity index is 2.58. The number of amides is 1. The van der Waals surface area contributed by atoms with Gasteiger partial charge in [0.1, 0.15) is 0 Å². The van der Waals surface area contributed by atoms with Gasteiger partial charge in [-0.1, -0.05) is 40.5 Å². The average molecular weight is 296 g/mol. The number of carbonyl (C=O) groups excluding carboxylic acids is 1. The van der Waals surface area contributed by atoms with Crippen molar-refractivity contribution in [3.05, 3.63) is 0 Å². The van der Waals surface area contributed by atoms with Crippen molar-refractivity contribution >= 4 is 5.91 Å². The van der Waals surface area contributed by atoms with Crippen molar-refractivity contribution in [1.82, 2.24) is 10.2 Å². The van der Waals surface area contributed by atoms with E-state index in [0.29, 0.717) is 12.0 Å². The minimum absolute atomic E-state index is 0.0113. The van der Waals surface area contributed by atoms with Crippen LogP contribution >= 0.6 is 0 Å². The zero-order valence-electron chi connectivity index (χ0n) is 15.0. The van der Waals surface area contributed by atoms with Crippen molar-refractivity contribution in [3.8, 4) is 0 Å². The maximum absolute atomic E-state index is 12.4. The Labute approximate surface area is 131 Å². The summed E-state index contributed by atoms with van der Waals surface area (Å²) in [5, 5.41) is 3.68. The van der Waals surface area contributed by atoms with Crippen LogP contribution in [0.4, 0.5) is 0 Å². The lowest BCUT2D eigenvalue weighted by molar-refractivity contribution is -0.131. The highest BCUT2D eigenvalue weighted by molar-refractivity contribution is 5.81. The first kappa shape index (κ1) is 18.5. The summed E-state index contributed by atoms with van der Waals surface area (Å²) in [6.07, 6.45) is 7.40. The van der Waals surface area contributed by atoms with Crippen LogP contribution in [-0.2, 0) is 4.79 Å². The smallest absolute Gasteiger partial charge is 0.239 e. The zero-order chi connectivity index (χ0) is 16.0. The van der Waals surface area contributed by atoms with E-state index in [1.807, 2.05) is 14.1 Å². The highest BCUT2D eigenvalue weighted by Gasteiger charge is 2.28. The van der Waals surface area contributed by atoms with Gasteiger partial charge in [-0.3, -0.25) is 4.79 Å². The number of rotatable bonds is 7. The van der Waals surface area contributed by atoms with Crippen molar-refractivity contribution in [2.24, 2.45) is 17.8 Å². The summed E-state index contributed by atoms with van der Waals surface area (Å²) in [5.41, 5.74) is 0. The third-order valence-electron chi connectivity index (χ3n) is 4.47.